The van der Waals surface area contributed by atoms with Crippen LogP contribution in [0.1, 0.15) is 25.3 Å². The summed E-state index contributed by atoms with van der Waals surface area (Å²) in [6, 6.07) is 13.2. The SMILES string of the molecule is CC(=O)CN1CCCC(C(=O)NNc2ccc(NS(=O)(=O)c3ccc(C)cc3)cc2)C1. The molecule has 8 nitrogen and oxygen atoms in total. The maximum Gasteiger partial charge on any atom is 0.261 e. The third kappa shape index (κ3) is 6.53. The first-order valence-electron chi connectivity index (χ1n) is 10.2. The van der Waals surface area contributed by atoms with Crippen molar-refractivity contribution < 1.29 is 18.0 Å². The molecular weight excluding hydrogens is 416 g/mol. The molecule has 0 saturated carbocycles. The van der Waals surface area contributed by atoms with E-state index in [0.717, 1.165) is 24.9 Å². The number of nitrogens with one attached hydrogen (secondary N) is 3. The van der Waals surface area contributed by atoms with Crippen LogP contribution in [0.3, 0.4) is 0 Å². The minimum absolute atomic E-state index is 0.0947. The van der Waals surface area contributed by atoms with Crippen LogP contribution in [0.4, 0.5) is 11.4 Å². The quantitative estimate of drug-likeness (QED) is 0.540. The first-order chi connectivity index (χ1) is 14.7. The average molecular weight is 445 g/mol. The Balaban J connectivity index is 1.53. The molecule has 1 aliphatic rings. The number of anilines is 2. The fourth-order valence-corrected chi connectivity index (χ4v) is 4.58. The van der Waals surface area contributed by atoms with Crippen molar-refractivity contribution >= 4 is 33.1 Å². The van der Waals surface area contributed by atoms with Gasteiger partial charge in [-0.25, -0.2) is 8.42 Å². The lowest BCUT2D eigenvalue weighted by Gasteiger charge is -2.31. The van der Waals surface area contributed by atoms with Crippen LogP contribution in [-0.2, 0) is 19.6 Å². The van der Waals surface area contributed by atoms with Gasteiger partial charge in [0.15, 0.2) is 0 Å². The highest BCUT2D eigenvalue weighted by Gasteiger charge is 2.26. The lowest BCUT2D eigenvalue weighted by Crippen LogP contribution is -2.45. The predicted molar refractivity (Wildman–Crippen MR) is 120 cm³/mol. The number of ketones is 1. The van der Waals surface area contributed by atoms with Crippen LogP contribution in [0.2, 0.25) is 0 Å². The van der Waals surface area contributed by atoms with Crippen molar-refractivity contribution in [1.29, 1.82) is 0 Å². The van der Waals surface area contributed by atoms with E-state index in [1.54, 1.807) is 55.5 Å². The number of aryl methyl sites for hydroxylation is 1. The van der Waals surface area contributed by atoms with E-state index >= 15 is 0 Å². The van der Waals surface area contributed by atoms with Crippen molar-refractivity contribution in [3.05, 3.63) is 54.1 Å². The van der Waals surface area contributed by atoms with Crippen molar-refractivity contribution in [3.8, 4) is 0 Å². The normalized spacial score (nSPS) is 17.0. The number of Topliss-reactive ketones (excluding diaryl/α,β-unsaturated/α-hetero) is 1. The zero-order valence-electron chi connectivity index (χ0n) is 17.7. The summed E-state index contributed by atoms with van der Waals surface area (Å²) < 4.78 is 27.5. The molecule has 2 aromatic rings. The largest absolute Gasteiger partial charge is 0.299 e. The van der Waals surface area contributed by atoms with Crippen LogP contribution in [0.25, 0.3) is 0 Å². The molecule has 1 aliphatic heterocycles. The highest BCUT2D eigenvalue weighted by atomic mass is 32.2. The zero-order chi connectivity index (χ0) is 22.4. The lowest BCUT2D eigenvalue weighted by atomic mass is 9.97. The van der Waals surface area contributed by atoms with Crippen LogP contribution in [0.15, 0.2) is 53.4 Å². The second-order valence-corrected chi connectivity index (χ2v) is 9.57. The number of nitrogens with zero attached hydrogens (tertiary/aromatic N) is 1. The molecular formula is C22H28N4O4S. The Morgan fingerprint density at radius 1 is 1.03 bits per heavy atom. The number of hydrogen-bond acceptors (Lipinski definition) is 6. The highest BCUT2D eigenvalue weighted by molar-refractivity contribution is 7.92. The van der Waals surface area contributed by atoms with Crippen molar-refractivity contribution in [2.45, 2.75) is 31.6 Å². The summed E-state index contributed by atoms with van der Waals surface area (Å²) in [6.45, 7) is 5.21. The van der Waals surface area contributed by atoms with Gasteiger partial charge in [-0.15, -0.1) is 0 Å². The van der Waals surface area contributed by atoms with Gasteiger partial charge in [-0.1, -0.05) is 17.7 Å². The van der Waals surface area contributed by atoms with Gasteiger partial charge in [0.1, 0.15) is 5.78 Å². The monoisotopic (exact) mass is 444 g/mol. The summed E-state index contributed by atoms with van der Waals surface area (Å²) in [7, 11) is -3.67. The molecule has 1 fully saturated rings. The average Bonchev–Trinajstić information content (AvgIpc) is 2.73. The molecule has 0 radical (unpaired) electrons. The van der Waals surface area contributed by atoms with Crippen LogP contribution >= 0.6 is 0 Å². The Labute approximate surface area is 183 Å². The third-order valence-corrected chi connectivity index (χ3v) is 6.52. The number of hydrogen-bond donors (Lipinski definition) is 3. The minimum atomic E-state index is -3.67. The smallest absolute Gasteiger partial charge is 0.261 e. The van der Waals surface area contributed by atoms with Crippen molar-refractivity contribution in [1.82, 2.24) is 10.3 Å². The number of amides is 1. The summed E-state index contributed by atoms with van der Waals surface area (Å²) in [4.78, 5) is 26.0. The van der Waals surface area contributed by atoms with Gasteiger partial charge in [-0.2, -0.15) is 0 Å². The van der Waals surface area contributed by atoms with E-state index in [1.165, 1.54) is 0 Å². The second-order valence-electron chi connectivity index (χ2n) is 7.89. The molecule has 1 saturated heterocycles. The second kappa shape index (κ2) is 9.93. The summed E-state index contributed by atoms with van der Waals surface area (Å²) in [5.74, 6) is -0.212. The van der Waals surface area contributed by atoms with E-state index in [1.807, 2.05) is 11.8 Å². The number of benzene rings is 2. The molecule has 1 atom stereocenters. The molecule has 3 rings (SSSR count). The summed E-state index contributed by atoms with van der Waals surface area (Å²) >= 11 is 0. The number of carbonyl (C=O) groups excluding carboxylic acids is 2. The van der Waals surface area contributed by atoms with E-state index in [4.69, 9.17) is 0 Å². The van der Waals surface area contributed by atoms with Gasteiger partial charge in [-0.3, -0.25) is 30.1 Å². The Morgan fingerprint density at radius 3 is 2.32 bits per heavy atom. The molecule has 0 bridgehead atoms. The van der Waals surface area contributed by atoms with E-state index in [2.05, 4.69) is 15.6 Å². The van der Waals surface area contributed by atoms with E-state index in [0.29, 0.717) is 24.5 Å². The molecule has 0 aromatic heterocycles. The number of hydrazine groups is 1. The minimum Gasteiger partial charge on any atom is -0.299 e. The first kappa shape index (κ1) is 22.8. The zero-order valence-corrected chi connectivity index (χ0v) is 18.5. The van der Waals surface area contributed by atoms with Crippen LogP contribution in [0.5, 0.6) is 0 Å². The fourth-order valence-electron chi connectivity index (χ4n) is 3.52. The summed E-state index contributed by atoms with van der Waals surface area (Å²) in [6.07, 6.45) is 1.66. The molecule has 166 valence electrons. The lowest BCUT2D eigenvalue weighted by molar-refractivity contribution is -0.127. The van der Waals surface area contributed by atoms with Gasteiger partial charge in [0.05, 0.1) is 23.0 Å². The Morgan fingerprint density at radius 2 is 1.68 bits per heavy atom. The third-order valence-electron chi connectivity index (χ3n) is 5.12. The molecule has 0 spiro atoms. The summed E-state index contributed by atoms with van der Waals surface area (Å²) in [5.41, 5.74) is 7.60. The number of likely N-dealkylation sites (tertiary alicyclic amines) is 1. The topological polar surface area (TPSA) is 108 Å². The van der Waals surface area contributed by atoms with Crippen molar-refractivity contribution in [3.63, 3.8) is 0 Å². The summed E-state index contributed by atoms with van der Waals surface area (Å²) in [5, 5.41) is 0. The van der Waals surface area contributed by atoms with Gasteiger partial charge < -0.3 is 0 Å². The van der Waals surface area contributed by atoms with Crippen LogP contribution < -0.4 is 15.6 Å². The molecule has 3 N–H and O–H groups in total. The Hall–Kier alpha value is -2.91. The molecule has 2 aromatic carbocycles. The number of rotatable bonds is 8. The van der Waals surface area contributed by atoms with Gasteiger partial charge >= 0.3 is 0 Å². The molecule has 1 unspecified atom stereocenters. The predicted octanol–water partition coefficient (Wildman–Crippen LogP) is 2.54. The molecule has 0 aliphatic carbocycles. The van der Waals surface area contributed by atoms with Crippen molar-refractivity contribution in [2.75, 3.05) is 29.8 Å². The van der Waals surface area contributed by atoms with Crippen LogP contribution in [-0.4, -0.2) is 44.6 Å². The standard InChI is InChI=1S/C22H28N4O4S/c1-16-5-11-21(12-6-16)31(29,30)25-20-9-7-19(8-10-20)23-24-22(28)18-4-3-13-26(15-18)14-17(2)27/h5-12,18,23,25H,3-4,13-15H2,1-2H3,(H,24,28). The Kier molecular flexibility index (Phi) is 7.29. The van der Waals surface area contributed by atoms with Crippen LogP contribution in [0, 0.1) is 12.8 Å². The maximum absolute atomic E-state index is 12.5. The van der Waals surface area contributed by atoms with Gasteiger partial charge in [-0.05, 0) is 69.6 Å². The number of carbonyl (C=O) groups is 2. The number of sulfonamides is 1. The fraction of sp³-hybridized carbons (Fsp3) is 0.364. The van der Waals surface area contributed by atoms with Gasteiger partial charge in [0.2, 0.25) is 5.91 Å². The van der Waals surface area contributed by atoms with Crippen molar-refractivity contribution in [2.24, 2.45) is 5.92 Å². The number of piperidine rings is 1. The first-order valence-corrected chi connectivity index (χ1v) is 11.7. The maximum atomic E-state index is 12.5. The van der Waals surface area contributed by atoms with Gasteiger partial charge in [0.25, 0.3) is 10.0 Å². The van der Waals surface area contributed by atoms with E-state index in [-0.39, 0.29) is 22.5 Å². The molecule has 1 amide bonds. The molecule has 9 heteroatoms. The van der Waals surface area contributed by atoms with Gasteiger partial charge in [0, 0.05) is 12.2 Å². The van der Waals surface area contributed by atoms with E-state index < -0.39 is 10.0 Å². The van der Waals surface area contributed by atoms with E-state index in [9.17, 15) is 18.0 Å². The molecule has 1 heterocycles. The Bertz CT molecular complexity index is 1020. The highest BCUT2D eigenvalue weighted by Crippen LogP contribution is 2.19. The molecule has 31 heavy (non-hydrogen) atoms.